The van der Waals surface area contributed by atoms with E-state index in [1.54, 1.807) is 4.90 Å². The van der Waals surface area contributed by atoms with E-state index in [1.807, 2.05) is 19.1 Å². The van der Waals surface area contributed by atoms with E-state index < -0.39 is 0 Å². The number of hydrogen-bond acceptors (Lipinski definition) is 2. The summed E-state index contributed by atoms with van der Waals surface area (Å²) in [6, 6.07) is 3.67. The third-order valence-electron chi connectivity index (χ3n) is 2.14. The minimum Gasteiger partial charge on any atom is -0.336 e. The standard InChI is InChI=1S/C9H10BrN3O/c1-6-7(10)2-3-8(12-6)13-5-4-11-9(13)14/h2-3H,4-5H2,1H3,(H,11,14). The first-order valence-electron chi connectivity index (χ1n) is 4.37. The van der Waals surface area contributed by atoms with Crippen molar-refractivity contribution in [1.29, 1.82) is 0 Å². The molecule has 1 saturated heterocycles. The molecule has 74 valence electrons. The normalized spacial score (nSPS) is 15.9. The summed E-state index contributed by atoms with van der Waals surface area (Å²) in [5, 5.41) is 2.74. The Balaban J connectivity index is 2.32. The Morgan fingerprint density at radius 3 is 2.93 bits per heavy atom. The van der Waals surface area contributed by atoms with Gasteiger partial charge in [0.2, 0.25) is 0 Å². The number of aromatic nitrogens is 1. The molecule has 1 aliphatic heterocycles. The van der Waals surface area contributed by atoms with Crippen LogP contribution in [0.2, 0.25) is 0 Å². The maximum Gasteiger partial charge on any atom is 0.323 e. The monoisotopic (exact) mass is 255 g/mol. The van der Waals surface area contributed by atoms with Gasteiger partial charge in [0.25, 0.3) is 0 Å². The average molecular weight is 256 g/mol. The third kappa shape index (κ3) is 1.59. The van der Waals surface area contributed by atoms with Crippen molar-refractivity contribution in [3.05, 3.63) is 22.3 Å². The summed E-state index contributed by atoms with van der Waals surface area (Å²) in [6.45, 7) is 3.28. The van der Waals surface area contributed by atoms with Crippen molar-refractivity contribution < 1.29 is 4.79 Å². The summed E-state index contributed by atoms with van der Waals surface area (Å²) in [6.07, 6.45) is 0. The molecule has 0 spiro atoms. The molecule has 0 bridgehead atoms. The highest BCUT2D eigenvalue weighted by Gasteiger charge is 2.22. The number of urea groups is 1. The molecule has 2 heterocycles. The topological polar surface area (TPSA) is 45.2 Å². The molecule has 0 radical (unpaired) electrons. The van der Waals surface area contributed by atoms with Crippen LogP contribution in [0.3, 0.4) is 0 Å². The lowest BCUT2D eigenvalue weighted by molar-refractivity contribution is 0.252. The van der Waals surface area contributed by atoms with Crippen LogP contribution in [0.25, 0.3) is 0 Å². The lowest BCUT2D eigenvalue weighted by Gasteiger charge is -2.13. The van der Waals surface area contributed by atoms with E-state index in [0.717, 1.165) is 10.2 Å². The van der Waals surface area contributed by atoms with Gasteiger partial charge < -0.3 is 5.32 Å². The van der Waals surface area contributed by atoms with Gasteiger partial charge in [-0.3, -0.25) is 4.90 Å². The number of anilines is 1. The number of aryl methyl sites for hydroxylation is 1. The Kier molecular flexibility index (Phi) is 2.41. The molecule has 0 aromatic carbocycles. The number of carbonyl (C=O) groups excluding carboxylic acids is 1. The van der Waals surface area contributed by atoms with Crippen LogP contribution >= 0.6 is 15.9 Å². The van der Waals surface area contributed by atoms with Crippen molar-refractivity contribution in [2.75, 3.05) is 18.0 Å². The van der Waals surface area contributed by atoms with Crippen LogP contribution in [-0.2, 0) is 0 Å². The minimum absolute atomic E-state index is 0.0702. The molecule has 14 heavy (non-hydrogen) atoms. The number of nitrogens with one attached hydrogen (secondary N) is 1. The molecule has 1 aromatic heterocycles. The molecule has 2 amide bonds. The molecule has 0 atom stereocenters. The van der Waals surface area contributed by atoms with Gasteiger partial charge in [-0.25, -0.2) is 9.78 Å². The average Bonchev–Trinajstić information content (AvgIpc) is 2.57. The van der Waals surface area contributed by atoms with Gasteiger partial charge in [0.1, 0.15) is 5.82 Å². The maximum absolute atomic E-state index is 11.3. The second-order valence-electron chi connectivity index (χ2n) is 3.12. The fourth-order valence-corrected chi connectivity index (χ4v) is 1.59. The summed E-state index contributed by atoms with van der Waals surface area (Å²) < 4.78 is 0.959. The SMILES string of the molecule is Cc1nc(N2CCNC2=O)ccc1Br. The van der Waals surface area contributed by atoms with Gasteiger partial charge in [0, 0.05) is 17.6 Å². The van der Waals surface area contributed by atoms with Gasteiger partial charge in [-0.1, -0.05) is 0 Å². The van der Waals surface area contributed by atoms with Crippen molar-refractivity contribution >= 4 is 27.8 Å². The Labute approximate surface area is 90.4 Å². The zero-order valence-corrected chi connectivity index (χ0v) is 9.34. The molecule has 5 heteroatoms. The Hall–Kier alpha value is -1.10. The largest absolute Gasteiger partial charge is 0.336 e. The number of pyridine rings is 1. The first kappa shape index (κ1) is 9.45. The molecular weight excluding hydrogens is 246 g/mol. The maximum atomic E-state index is 11.3. The number of rotatable bonds is 1. The predicted octanol–water partition coefficient (Wildman–Crippen LogP) is 1.68. The van der Waals surface area contributed by atoms with Gasteiger partial charge in [0.05, 0.1) is 5.69 Å². The molecule has 0 saturated carbocycles. The van der Waals surface area contributed by atoms with Crippen molar-refractivity contribution in [3.8, 4) is 0 Å². The van der Waals surface area contributed by atoms with Crippen molar-refractivity contribution in [2.24, 2.45) is 0 Å². The molecular formula is C9H10BrN3O. The fourth-order valence-electron chi connectivity index (χ4n) is 1.37. The Morgan fingerprint density at radius 1 is 1.57 bits per heavy atom. The van der Waals surface area contributed by atoms with Crippen molar-refractivity contribution in [3.63, 3.8) is 0 Å². The highest BCUT2D eigenvalue weighted by atomic mass is 79.9. The highest BCUT2D eigenvalue weighted by molar-refractivity contribution is 9.10. The zero-order chi connectivity index (χ0) is 10.1. The van der Waals surface area contributed by atoms with Gasteiger partial charge >= 0.3 is 6.03 Å². The van der Waals surface area contributed by atoms with Crippen LogP contribution in [0.15, 0.2) is 16.6 Å². The molecule has 2 rings (SSSR count). The molecule has 1 N–H and O–H groups in total. The molecule has 0 aliphatic carbocycles. The van der Waals surface area contributed by atoms with Crippen LogP contribution < -0.4 is 10.2 Å². The molecule has 0 unspecified atom stereocenters. The second-order valence-corrected chi connectivity index (χ2v) is 3.97. The number of nitrogens with zero attached hydrogens (tertiary/aromatic N) is 2. The molecule has 1 fully saturated rings. The lowest BCUT2D eigenvalue weighted by atomic mass is 10.3. The van der Waals surface area contributed by atoms with Crippen molar-refractivity contribution in [1.82, 2.24) is 10.3 Å². The lowest BCUT2D eigenvalue weighted by Crippen LogP contribution is -2.28. The third-order valence-corrected chi connectivity index (χ3v) is 2.98. The quantitative estimate of drug-likeness (QED) is 0.830. The van der Waals surface area contributed by atoms with E-state index in [2.05, 4.69) is 26.2 Å². The van der Waals surface area contributed by atoms with Gasteiger partial charge in [-0.05, 0) is 35.0 Å². The fraction of sp³-hybridized carbons (Fsp3) is 0.333. The summed E-state index contributed by atoms with van der Waals surface area (Å²) in [4.78, 5) is 17.3. The predicted molar refractivity (Wildman–Crippen MR) is 57.4 cm³/mol. The molecule has 4 nitrogen and oxygen atoms in total. The second kappa shape index (κ2) is 3.57. The van der Waals surface area contributed by atoms with Crippen LogP contribution in [0.1, 0.15) is 5.69 Å². The number of hydrogen-bond donors (Lipinski definition) is 1. The van der Waals surface area contributed by atoms with Gasteiger partial charge in [-0.2, -0.15) is 0 Å². The van der Waals surface area contributed by atoms with Crippen LogP contribution in [0.5, 0.6) is 0 Å². The first-order chi connectivity index (χ1) is 6.68. The van der Waals surface area contributed by atoms with E-state index in [4.69, 9.17) is 0 Å². The summed E-state index contributed by atoms with van der Waals surface area (Å²) >= 11 is 3.37. The Bertz CT molecular complexity index is 380. The van der Waals surface area contributed by atoms with Crippen LogP contribution in [0, 0.1) is 6.92 Å². The van der Waals surface area contributed by atoms with Crippen LogP contribution in [-0.4, -0.2) is 24.1 Å². The van der Waals surface area contributed by atoms with E-state index >= 15 is 0 Å². The Morgan fingerprint density at radius 2 is 2.36 bits per heavy atom. The molecule has 1 aromatic rings. The first-order valence-corrected chi connectivity index (χ1v) is 5.16. The van der Waals surface area contributed by atoms with Gasteiger partial charge in [0.15, 0.2) is 0 Å². The van der Waals surface area contributed by atoms with E-state index in [-0.39, 0.29) is 6.03 Å². The summed E-state index contributed by atoms with van der Waals surface area (Å²) in [7, 11) is 0. The van der Waals surface area contributed by atoms with E-state index in [9.17, 15) is 4.79 Å². The van der Waals surface area contributed by atoms with Crippen molar-refractivity contribution in [2.45, 2.75) is 6.92 Å². The van der Waals surface area contributed by atoms with E-state index in [1.165, 1.54) is 0 Å². The van der Waals surface area contributed by atoms with E-state index in [0.29, 0.717) is 18.9 Å². The smallest absolute Gasteiger partial charge is 0.323 e. The summed E-state index contributed by atoms with van der Waals surface area (Å²) in [5.74, 6) is 0.709. The number of amides is 2. The minimum atomic E-state index is -0.0702. The number of carbonyl (C=O) groups is 1. The van der Waals surface area contributed by atoms with Gasteiger partial charge in [-0.15, -0.1) is 0 Å². The summed E-state index contributed by atoms with van der Waals surface area (Å²) in [5.41, 5.74) is 0.891. The molecule has 1 aliphatic rings. The highest BCUT2D eigenvalue weighted by Crippen LogP contribution is 2.19. The van der Waals surface area contributed by atoms with Crippen LogP contribution in [0.4, 0.5) is 10.6 Å². The zero-order valence-electron chi connectivity index (χ0n) is 7.75. The number of halogens is 1.